The van der Waals surface area contributed by atoms with Gasteiger partial charge >= 0.3 is 0 Å². The fourth-order valence-electron chi connectivity index (χ4n) is 2.95. The minimum absolute atomic E-state index is 0.391. The molecule has 1 aliphatic rings. The Labute approximate surface area is 126 Å². The number of rotatable bonds is 3. The van der Waals surface area contributed by atoms with Gasteiger partial charge in [-0.2, -0.15) is 0 Å². The zero-order chi connectivity index (χ0) is 14.7. The molecule has 1 saturated heterocycles. The lowest BCUT2D eigenvalue weighted by Crippen LogP contribution is -2.38. The molecule has 0 amide bonds. The van der Waals surface area contributed by atoms with Crippen LogP contribution in [0.1, 0.15) is 18.5 Å². The number of ether oxygens (including phenoxy) is 1. The third kappa shape index (κ3) is 3.09. The molecule has 3 heteroatoms. The fraction of sp³-hybridized carbons (Fsp3) is 0.333. The molecular weight excluding hydrogens is 260 g/mol. The highest BCUT2D eigenvalue weighted by molar-refractivity contribution is 5.69. The molecule has 1 fully saturated rings. The Hall–Kier alpha value is -1.84. The van der Waals surface area contributed by atoms with Gasteiger partial charge in [-0.15, -0.1) is 0 Å². The summed E-state index contributed by atoms with van der Waals surface area (Å²) >= 11 is 0. The quantitative estimate of drug-likeness (QED) is 0.878. The van der Waals surface area contributed by atoms with E-state index in [0.717, 1.165) is 32.0 Å². The summed E-state index contributed by atoms with van der Waals surface area (Å²) in [5, 5.41) is 0. The van der Waals surface area contributed by atoms with E-state index in [-0.39, 0.29) is 0 Å². The van der Waals surface area contributed by atoms with Crippen molar-refractivity contribution in [3.63, 3.8) is 0 Å². The largest absolute Gasteiger partial charge is 0.399 e. The van der Waals surface area contributed by atoms with Crippen LogP contribution in [0.3, 0.4) is 0 Å². The number of nitrogen functional groups attached to an aromatic ring is 1. The molecule has 1 aliphatic heterocycles. The molecule has 21 heavy (non-hydrogen) atoms. The first-order valence-corrected chi connectivity index (χ1v) is 7.52. The van der Waals surface area contributed by atoms with E-state index in [9.17, 15) is 0 Å². The van der Waals surface area contributed by atoms with Crippen molar-refractivity contribution in [3.8, 4) is 11.1 Å². The Balaban J connectivity index is 1.93. The Kier molecular flexibility index (Phi) is 4.23. The van der Waals surface area contributed by atoms with Gasteiger partial charge in [0.05, 0.1) is 13.2 Å². The number of nitrogens with two attached hydrogens (primary N) is 1. The fourth-order valence-corrected chi connectivity index (χ4v) is 2.95. The molecule has 2 aromatic carbocycles. The van der Waals surface area contributed by atoms with Crippen LogP contribution in [0.5, 0.6) is 0 Å². The molecule has 2 N–H and O–H groups in total. The van der Waals surface area contributed by atoms with Crippen LogP contribution in [-0.2, 0) is 4.74 Å². The number of nitrogens with zero attached hydrogens (tertiary/aromatic N) is 1. The summed E-state index contributed by atoms with van der Waals surface area (Å²) in [7, 11) is 0. The number of hydrogen-bond donors (Lipinski definition) is 1. The molecule has 0 radical (unpaired) electrons. The summed E-state index contributed by atoms with van der Waals surface area (Å²) in [4.78, 5) is 2.49. The third-order valence-electron chi connectivity index (χ3n) is 4.23. The van der Waals surface area contributed by atoms with Crippen LogP contribution in [0.25, 0.3) is 11.1 Å². The standard InChI is InChI=1S/C18H22N2O/c1-14(20-10-12-21-13-11-20)17-4-2-3-5-18(17)15-6-8-16(19)9-7-15/h2-9,14H,10-13,19H2,1H3/t14-/m1/s1. The highest BCUT2D eigenvalue weighted by Gasteiger charge is 2.20. The van der Waals surface area contributed by atoms with E-state index in [0.29, 0.717) is 6.04 Å². The van der Waals surface area contributed by atoms with Gasteiger partial charge in [-0.05, 0) is 35.7 Å². The Bertz CT molecular complexity index is 588. The van der Waals surface area contributed by atoms with Gasteiger partial charge in [0, 0.05) is 24.8 Å². The Morgan fingerprint density at radius 1 is 1.00 bits per heavy atom. The molecule has 1 heterocycles. The lowest BCUT2D eigenvalue weighted by atomic mass is 9.94. The van der Waals surface area contributed by atoms with Crippen molar-refractivity contribution in [2.45, 2.75) is 13.0 Å². The highest BCUT2D eigenvalue weighted by Crippen LogP contribution is 2.31. The third-order valence-corrected chi connectivity index (χ3v) is 4.23. The second-order valence-corrected chi connectivity index (χ2v) is 5.53. The molecule has 0 unspecified atom stereocenters. The first kappa shape index (κ1) is 14.1. The molecule has 110 valence electrons. The molecule has 3 rings (SSSR count). The summed E-state index contributed by atoms with van der Waals surface area (Å²) in [6.45, 7) is 5.93. The summed E-state index contributed by atoms with van der Waals surface area (Å²) < 4.78 is 5.46. The molecule has 0 spiro atoms. The van der Waals surface area contributed by atoms with E-state index in [1.165, 1.54) is 16.7 Å². The van der Waals surface area contributed by atoms with Gasteiger partial charge in [-0.3, -0.25) is 4.90 Å². The highest BCUT2D eigenvalue weighted by atomic mass is 16.5. The van der Waals surface area contributed by atoms with Crippen molar-refractivity contribution >= 4 is 5.69 Å². The molecule has 2 aromatic rings. The predicted molar refractivity (Wildman–Crippen MR) is 87.1 cm³/mol. The summed E-state index contributed by atoms with van der Waals surface area (Å²) in [6, 6.07) is 17.2. The van der Waals surface area contributed by atoms with E-state index in [1.807, 2.05) is 12.1 Å². The average molecular weight is 282 g/mol. The normalized spacial score (nSPS) is 17.6. The molecule has 3 nitrogen and oxygen atoms in total. The topological polar surface area (TPSA) is 38.5 Å². The summed E-state index contributed by atoms with van der Waals surface area (Å²) in [5.74, 6) is 0. The Morgan fingerprint density at radius 3 is 2.38 bits per heavy atom. The van der Waals surface area contributed by atoms with Crippen LogP contribution in [0.4, 0.5) is 5.69 Å². The molecule has 0 bridgehead atoms. The number of morpholine rings is 1. The smallest absolute Gasteiger partial charge is 0.0594 e. The van der Waals surface area contributed by atoms with Crippen LogP contribution in [-0.4, -0.2) is 31.2 Å². The lowest BCUT2D eigenvalue weighted by molar-refractivity contribution is 0.0199. The zero-order valence-corrected chi connectivity index (χ0v) is 12.5. The first-order chi connectivity index (χ1) is 10.3. The number of anilines is 1. The van der Waals surface area contributed by atoms with Crippen LogP contribution < -0.4 is 5.73 Å². The van der Waals surface area contributed by atoms with E-state index in [4.69, 9.17) is 10.5 Å². The maximum Gasteiger partial charge on any atom is 0.0594 e. The van der Waals surface area contributed by atoms with Crippen molar-refractivity contribution in [1.82, 2.24) is 4.90 Å². The van der Waals surface area contributed by atoms with Crippen molar-refractivity contribution in [2.24, 2.45) is 0 Å². The predicted octanol–water partition coefficient (Wildman–Crippen LogP) is 3.33. The van der Waals surface area contributed by atoms with Crippen LogP contribution >= 0.6 is 0 Å². The first-order valence-electron chi connectivity index (χ1n) is 7.52. The maximum atomic E-state index is 5.80. The van der Waals surface area contributed by atoms with Gasteiger partial charge in [0.15, 0.2) is 0 Å². The lowest BCUT2D eigenvalue weighted by Gasteiger charge is -2.33. The molecular formula is C18H22N2O. The minimum atomic E-state index is 0.391. The number of hydrogen-bond acceptors (Lipinski definition) is 3. The SMILES string of the molecule is C[C@H](c1ccccc1-c1ccc(N)cc1)N1CCOCC1. The van der Waals surface area contributed by atoms with Crippen LogP contribution in [0.15, 0.2) is 48.5 Å². The second-order valence-electron chi connectivity index (χ2n) is 5.53. The van der Waals surface area contributed by atoms with E-state index >= 15 is 0 Å². The molecule has 0 aromatic heterocycles. The van der Waals surface area contributed by atoms with E-state index < -0.39 is 0 Å². The van der Waals surface area contributed by atoms with Crippen molar-refractivity contribution in [2.75, 3.05) is 32.0 Å². The molecule has 0 aliphatic carbocycles. The Morgan fingerprint density at radius 2 is 1.67 bits per heavy atom. The van der Waals surface area contributed by atoms with Crippen molar-refractivity contribution in [1.29, 1.82) is 0 Å². The second kappa shape index (κ2) is 6.29. The molecule has 1 atom stereocenters. The van der Waals surface area contributed by atoms with Crippen molar-refractivity contribution in [3.05, 3.63) is 54.1 Å². The molecule has 0 saturated carbocycles. The van der Waals surface area contributed by atoms with Gasteiger partial charge in [0.1, 0.15) is 0 Å². The van der Waals surface area contributed by atoms with Gasteiger partial charge in [-0.25, -0.2) is 0 Å². The summed E-state index contributed by atoms with van der Waals surface area (Å²) in [6.07, 6.45) is 0. The number of benzene rings is 2. The monoisotopic (exact) mass is 282 g/mol. The van der Waals surface area contributed by atoms with E-state index in [1.54, 1.807) is 0 Å². The van der Waals surface area contributed by atoms with Gasteiger partial charge < -0.3 is 10.5 Å². The van der Waals surface area contributed by atoms with Crippen LogP contribution in [0.2, 0.25) is 0 Å². The maximum absolute atomic E-state index is 5.80. The summed E-state index contributed by atoms with van der Waals surface area (Å²) in [5.41, 5.74) is 10.5. The van der Waals surface area contributed by atoms with Gasteiger partial charge in [0.2, 0.25) is 0 Å². The minimum Gasteiger partial charge on any atom is -0.399 e. The average Bonchev–Trinajstić information content (AvgIpc) is 2.56. The van der Waals surface area contributed by atoms with E-state index in [2.05, 4.69) is 48.2 Å². The zero-order valence-electron chi connectivity index (χ0n) is 12.5. The van der Waals surface area contributed by atoms with Gasteiger partial charge in [0.25, 0.3) is 0 Å². The van der Waals surface area contributed by atoms with Gasteiger partial charge in [-0.1, -0.05) is 36.4 Å². The van der Waals surface area contributed by atoms with Crippen LogP contribution in [0, 0.1) is 0 Å². The van der Waals surface area contributed by atoms with Crippen molar-refractivity contribution < 1.29 is 4.74 Å².